The highest BCUT2D eigenvalue weighted by Gasteiger charge is 2.49. The van der Waals surface area contributed by atoms with Crippen molar-refractivity contribution in [1.29, 1.82) is 0 Å². The summed E-state index contributed by atoms with van der Waals surface area (Å²) in [5.74, 6) is -1.04. The van der Waals surface area contributed by atoms with Gasteiger partial charge in [0.2, 0.25) is 0 Å². The number of aromatic carboxylic acids is 1. The molecule has 0 bridgehead atoms. The molecule has 6 heteroatoms. The van der Waals surface area contributed by atoms with E-state index in [0.717, 1.165) is 6.42 Å². The maximum Gasteiger partial charge on any atom is 0.358 e. The molecule has 1 aromatic heterocycles. The van der Waals surface area contributed by atoms with Gasteiger partial charge < -0.3 is 9.84 Å². The van der Waals surface area contributed by atoms with Crippen molar-refractivity contribution in [3.05, 3.63) is 11.4 Å². The molecule has 1 N–H and O–H groups in total. The van der Waals surface area contributed by atoms with Crippen LogP contribution in [-0.4, -0.2) is 37.3 Å². The third kappa shape index (κ3) is 2.81. The average molecular weight is 295 g/mol. The van der Waals surface area contributed by atoms with Crippen molar-refractivity contribution in [2.75, 3.05) is 0 Å². The van der Waals surface area contributed by atoms with Crippen LogP contribution >= 0.6 is 0 Å². The Kier molecular flexibility index (Phi) is 3.44. The highest BCUT2D eigenvalue weighted by Crippen LogP contribution is 2.46. The number of rotatable bonds is 2. The minimum Gasteiger partial charge on any atom is -0.476 e. The molecule has 21 heavy (non-hydrogen) atoms. The smallest absolute Gasteiger partial charge is 0.358 e. The number of hydrogen-bond donors (Lipinski definition) is 1. The van der Waals surface area contributed by atoms with Crippen molar-refractivity contribution in [2.24, 2.45) is 0 Å². The van der Waals surface area contributed by atoms with Gasteiger partial charge in [-0.25, -0.2) is 9.48 Å². The van der Waals surface area contributed by atoms with Crippen molar-refractivity contribution in [1.82, 2.24) is 15.0 Å². The molecule has 1 aliphatic rings. The lowest BCUT2D eigenvalue weighted by atomic mass is 9.88. The number of carboxylic acid groups (broad SMARTS) is 1. The predicted molar refractivity (Wildman–Crippen MR) is 78.6 cm³/mol. The van der Waals surface area contributed by atoms with E-state index in [2.05, 4.69) is 10.3 Å². The largest absolute Gasteiger partial charge is 0.476 e. The molecule has 0 spiro atoms. The van der Waals surface area contributed by atoms with Gasteiger partial charge in [0.15, 0.2) is 5.69 Å². The number of aromatic nitrogens is 3. The summed E-state index contributed by atoms with van der Waals surface area (Å²) < 4.78 is 7.87. The van der Waals surface area contributed by atoms with Gasteiger partial charge in [-0.1, -0.05) is 26.0 Å². The first-order valence-electron chi connectivity index (χ1n) is 7.24. The molecule has 1 aliphatic heterocycles. The summed E-state index contributed by atoms with van der Waals surface area (Å²) >= 11 is 0. The molecule has 2 rings (SSSR count). The number of carbonyl (C=O) groups is 1. The molecule has 118 valence electrons. The first-order valence-corrected chi connectivity index (χ1v) is 7.24. The normalized spacial score (nSPS) is 24.2. The van der Waals surface area contributed by atoms with E-state index in [1.54, 1.807) is 4.68 Å². The third-order valence-electron chi connectivity index (χ3n) is 3.93. The van der Waals surface area contributed by atoms with Gasteiger partial charge in [-0.05, 0) is 27.7 Å². The van der Waals surface area contributed by atoms with E-state index in [-0.39, 0.29) is 22.8 Å². The van der Waals surface area contributed by atoms with Crippen LogP contribution in [0.5, 0.6) is 0 Å². The fraction of sp³-hybridized carbons (Fsp3) is 0.800. The van der Waals surface area contributed by atoms with Crippen molar-refractivity contribution in [3.63, 3.8) is 0 Å². The Morgan fingerprint density at radius 1 is 1.33 bits per heavy atom. The minimum atomic E-state index is -1.04. The van der Waals surface area contributed by atoms with E-state index in [9.17, 15) is 9.90 Å². The Labute approximate surface area is 125 Å². The molecule has 0 saturated carbocycles. The Bertz CT molecular complexity index is 567. The molecule has 1 aromatic rings. The summed E-state index contributed by atoms with van der Waals surface area (Å²) in [7, 11) is 0. The molecule has 6 nitrogen and oxygen atoms in total. The molecule has 1 saturated heterocycles. The molecule has 0 amide bonds. The van der Waals surface area contributed by atoms with Gasteiger partial charge in [-0.2, -0.15) is 0 Å². The minimum absolute atomic E-state index is 0.0306. The summed E-state index contributed by atoms with van der Waals surface area (Å²) in [5.41, 5.74) is -0.372. The molecular formula is C15H25N3O3. The van der Waals surface area contributed by atoms with Crippen molar-refractivity contribution in [2.45, 2.75) is 77.5 Å². The van der Waals surface area contributed by atoms with Crippen LogP contribution in [-0.2, 0) is 10.2 Å². The lowest BCUT2D eigenvalue weighted by Crippen LogP contribution is -2.34. The van der Waals surface area contributed by atoms with Gasteiger partial charge in [0, 0.05) is 11.8 Å². The second-order valence-electron chi connectivity index (χ2n) is 7.97. The van der Waals surface area contributed by atoms with E-state index in [4.69, 9.17) is 4.74 Å². The zero-order chi connectivity index (χ0) is 16.2. The number of hydrogen-bond acceptors (Lipinski definition) is 4. The van der Waals surface area contributed by atoms with Crippen molar-refractivity contribution in [3.8, 4) is 0 Å². The van der Waals surface area contributed by atoms with E-state index in [1.807, 2.05) is 48.5 Å². The Morgan fingerprint density at radius 2 is 1.90 bits per heavy atom. The summed E-state index contributed by atoms with van der Waals surface area (Å²) in [6, 6.07) is -0.0395. The van der Waals surface area contributed by atoms with Crippen molar-refractivity contribution < 1.29 is 14.6 Å². The first-order chi connectivity index (χ1) is 9.35. The van der Waals surface area contributed by atoms with E-state index in [0.29, 0.717) is 5.69 Å². The molecular weight excluding hydrogens is 270 g/mol. The Balaban J connectivity index is 2.58. The van der Waals surface area contributed by atoms with E-state index < -0.39 is 11.6 Å². The number of nitrogens with zero attached hydrogens (tertiary/aromatic N) is 3. The van der Waals surface area contributed by atoms with Crippen LogP contribution in [0.3, 0.4) is 0 Å². The van der Waals surface area contributed by atoms with Crippen LogP contribution in [0.2, 0.25) is 0 Å². The highest BCUT2D eigenvalue weighted by atomic mass is 16.5. The standard InChI is InChI=1S/C15H25N3O3/c1-13(2,3)11-10(12(19)20)16-17-18(11)9-8-14(4,5)21-15(9,6)7/h9H,8H2,1-7H3,(H,19,20). The van der Waals surface area contributed by atoms with Gasteiger partial charge in [0.25, 0.3) is 0 Å². The number of carboxylic acids is 1. The van der Waals surface area contributed by atoms with Crippen LogP contribution in [0.25, 0.3) is 0 Å². The fourth-order valence-corrected chi connectivity index (χ4v) is 3.27. The summed E-state index contributed by atoms with van der Waals surface area (Å²) in [5, 5.41) is 17.4. The zero-order valence-corrected chi connectivity index (χ0v) is 13.9. The first kappa shape index (κ1) is 15.9. The van der Waals surface area contributed by atoms with Gasteiger partial charge in [0.05, 0.1) is 22.9 Å². The second kappa shape index (κ2) is 4.53. The SMILES string of the molecule is CC1(C)CC(n2nnc(C(=O)O)c2C(C)(C)C)C(C)(C)O1. The van der Waals surface area contributed by atoms with Gasteiger partial charge in [0.1, 0.15) is 0 Å². The lowest BCUT2D eigenvalue weighted by molar-refractivity contribution is -0.0742. The average Bonchev–Trinajstić information content (AvgIpc) is 2.75. The molecule has 0 radical (unpaired) electrons. The molecule has 1 unspecified atom stereocenters. The highest BCUT2D eigenvalue weighted by molar-refractivity contribution is 5.86. The lowest BCUT2D eigenvalue weighted by Gasteiger charge is -2.30. The van der Waals surface area contributed by atoms with Gasteiger partial charge in [-0.15, -0.1) is 5.10 Å². The third-order valence-corrected chi connectivity index (χ3v) is 3.93. The molecule has 1 atom stereocenters. The zero-order valence-electron chi connectivity index (χ0n) is 13.9. The summed E-state index contributed by atoms with van der Waals surface area (Å²) in [4.78, 5) is 11.4. The Morgan fingerprint density at radius 3 is 2.29 bits per heavy atom. The van der Waals surface area contributed by atoms with Crippen LogP contribution in [0.4, 0.5) is 0 Å². The molecule has 1 fully saturated rings. The van der Waals surface area contributed by atoms with Crippen LogP contribution in [0, 0.1) is 0 Å². The Hall–Kier alpha value is -1.43. The topological polar surface area (TPSA) is 77.2 Å². The molecule has 0 aliphatic carbocycles. The fourth-order valence-electron chi connectivity index (χ4n) is 3.27. The quantitative estimate of drug-likeness (QED) is 0.907. The van der Waals surface area contributed by atoms with Crippen LogP contribution in [0.15, 0.2) is 0 Å². The van der Waals surface area contributed by atoms with Gasteiger partial charge in [-0.3, -0.25) is 0 Å². The second-order valence-corrected chi connectivity index (χ2v) is 7.97. The molecule has 0 aromatic carbocycles. The van der Waals surface area contributed by atoms with E-state index >= 15 is 0 Å². The van der Waals surface area contributed by atoms with Crippen LogP contribution < -0.4 is 0 Å². The number of ether oxygens (including phenoxy) is 1. The van der Waals surface area contributed by atoms with E-state index in [1.165, 1.54) is 0 Å². The van der Waals surface area contributed by atoms with Gasteiger partial charge >= 0.3 is 5.97 Å². The predicted octanol–water partition coefficient (Wildman–Crippen LogP) is 2.79. The van der Waals surface area contributed by atoms with Crippen molar-refractivity contribution >= 4 is 5.97 Å². The molecule has 2 heterocycles. The maximum absolute atomic E-state index is 11.4. The summed E-state index contributed by atoms with van der Waals surface area (Å²) in [6.45, 7) is 14.0. The summed E-state index contributed by atoms with van der Waals surface area (Å²) in [6.07, 6.45) is 0.769. The maximum atomic E-state index is 11.4. The monoisotopic (exact) mass is 295 g/mol. The van der Waals surface area contributed by atoms with Crippen LogP contribution in [0.1, 0.15) is 77.1 Å².